The third-order valence-electron chi connectivity index (χ3n) is 6.31. The van der Waals surface area contributed by atoms with Crippen molar-refractivity contribution in [3.63, 3.8) is 0 Å². The minimum Gasteiger partial charge on any atom is -0.481 e. The molecule has 2 unspecified atom stereocenters. The number of carbonyl (C=O) groups excluding carboxylic acids is 1. The van der Waals surface area contributed by atoms with Crippen molar-refractivity contribution < 1.29 is 32.5 Å². The van der Waals surface area contributed by atoms with Crippen molar-refractivity contribution in [2.75, 3.05) is 7.11 Å². The summed E-state index contributed by atoms with van der Waals surface area (Å²) in [6.45, 7) is 0.136. The van der Waals surface area contributed by atoms with Crippen LogP contribution in [-0.4, -0.2) is 40.3 Å². The summed E-state index contributed by atoms with van der Waals surface area (Å²) in [6.07, 6.45) is -1.48. The van der Waals surface area contributed by atoms with Crippen LogP contribution in [0.15, 0.2) is 42.6 Å². The Balaban J connectivity index is 1.54. The molecule has 2 bridgehead atoms. The molecule has 1 aromatic carbocycles. The van der Waals surface area contributed by atoms with Gasteiger partial charge in [0.2, 0.25) is 5.88 Å². The predicted molar refractivity (Wildman–Crippen MR) is 109 cm³/mol. The number of hydrogen-bond donors (Lipinski definition) is 1. The first-order valence-electron chi connectivity index (χ1n) is 10.5. The van der Waals surface area contributed by atoms with Crippen LogP contribution in [-0.2, 0) is 23.1 Å². The number of benzene rings is 1. The number of piperidine rings is 2. The molecule has 2 fully saturated rings. The Morgan fingerprint density at radius 1 is 1.22 bits per heavy atom. The lowest BCUT2D eigenvalue weighted by Crippen LogP contribution is -2.59. The predicted octanol–water partition coefficient (Wildman–Crippen LogP) is 4.65. The van der Waals surface area contributed by atoms with Crippen molar-refractivity contribution in [2.45, 2.75) is 62.6 Å². The van der Waals surface area contributed by atoms with E-state index in [-0.39, 0.29) is 37.1 Å². The Morgan fingerprint density at radius 2 is 1.88 bits per heavy atom. The van der Waals surface area contributed by atoms with Crippen molar-refractivity contribution in [3.8, 4) is 5.88 Å². The molecule has 1 amide bonds. The van der Waals surface area contributed by atoms with Gasteiger partial charge in [0, 0.05) is 36.7 Å². The smallest absolute Gasteiger partial charge is 0.421 e. The molecule has 2 aromatic rings. The van der Waals surface area contributed by atoms with Crippen molar-refractivity contribution in [3.05, 3.63) is 59.3 Å². The number of methoxy groups -OCH3 is 1. The topological polar surface area (TPSA) is 71.9 Å². The van der Waals surface area contributed by atoms with Gasteiger partial charge in [-0.25, -0.2) is 9.78 Å². The zero-order valence-corrected chi connectivity index (χ0v) is 17.6. The quantitative estimate of drug-likeness (QED) is 0.734. The van der Waals surface area contributed by atoms with Crippen molar-refractivity contribution in [1.29, 1.82) is 0 Å². The van der Waals surface area contributed by atoms with Crippen LogP contribution >= 0.6 is 0 Å². The fourth-order valence-electron chi connectivity index (χ4n) is 4.83. The second-order valence-electron chi connectivity index (χ2n) is 8.40. The zero-order chi connectivity index (χ0) is 22.9. The number of fused-ring (bicyclic) bond motifs is 2. The molecule has 9 heteroatoms. The van der Waals surface area contributed by atoms with E-state index >= 15 is 0 Å². The van der Waals surface area contributed by atoms with Crippen LogP contribution in [0.5, 0.6) is 5.88 Å². The molecule has 4 rings (SSSR count). The second kappa shape index (κ2) is 8.61. The van der Waals surface area contributed by atoms with Gasteiger partial charge in [-0.2, -0.15) is 13.2 Å². The van der Waals surface area contributed by atoms with E-state index < -0.39 is 29.3 Å². The average Bonchev–Trinajstić information content (AvgIpc) is 2.76. The summed E-state index contributed by atoms with van der Waals surface area (Å²) in [4.78, 5) is 18.3. The Labute approximate surface area is 184 Å². The summed E-state index contributed by atoms with van der Waals surface area (Å²) in [5.74, 6) is -0.535. The van der Waals surface area contributed by atoms with Crippen LogP contribution in [0.25, 0.3) is 0 Å². The standard InChI is InChI=1S/C23H25F3N2O4/c1-31-20-19(23(24,25)26)10-16(13-27-20)22(30)11-17-8-5-9-18(12-22)28(17)21(29)32-14-15-6-3-2-4-7-15/h2-4,6-7,10,13,17-18,30H,5,8-9,11-12,14H2,1H3. The highest BCUT2D eigenvalue weighted by Crippen LogP contribution is 2.46. The Hall–Kier alpha value is -2.81. The van der Waals surface area contributed by atoms with Crippen molar-refractivity contribution in [2.24, 2.45) is 0 Å². The van der Waals surface area contributed by atoms with E-state index in [1.165, 1.54) is 6.20 Å². The molecule has 2 aliphatic heterocycles. The Bertz CT molecular complexity index is 953. The first-order chi connectivity index (χ1) is 15.2. The first-order valence-corrected chi connectivity index (χ1v) is 10.5. The monoisotopic (exact) mass is 450 g/mol. The maximum absolute atomic E-state index is 13.5. The molecule has 3 heterocycles. The van der Waals surface area contributed by atoms with Crippen LogP contribution < -0.4 is 4.74 Å². The third kappa shape index (κ3) is 4.39. The minimum atomic E-state index is -4.66. The Morgan fingerprint density at radius 3 is 2.47 bits per heavy atom. The van der Waals surface area contributed by atoms with Gasteiger partial charge in [0.15, 0.2) is 0 Å². The second-order valence-corrected chi connectivity index (χ2v) is 8.40. The molecule has 2 atom stereocenters. The number of halogens is 3. The number of aliphatic hydroxyl groups is 1. The summed E-state index contributed by atoms with van der Waals surface area (Å²) >= 11 is 0. The van der Waals surface area contributed by atoms with Gasteiger partial charge in [-0.3, -0.25) is 0 Å². The molecule has 0 aliphatic carbocycles. The number of hydrogen-bond acceptors (Lipinski definition) is 5. The van der Waals surface area contributed by atoms with Crippen LogP contribution in [0.2, 0.25) is 0 Å². The molecule has 0 spiro atoms. The van der Waals surface area contributed by atoms with Gasteiger partial charge in [0.25, 0.3) is 0 Å². The van der Waals surface area contributed by atoms with E-state index in [0.717, 1.165) is 25.2 Å². The Kier molecular flexibility index (Phi) is 6.03. The summed E-state index contributed by atoms with van der Waals surface area (Å²) in [5, 5.41) is 11.4. The lowest BCUT2D eigenvalue weighted by Gasteiger charge is -2.51. The van der Waals surface area contributed by atoms with Crippen molar-refractivity contribution in [1.82, 2.24) is 9.88 Å². The molecular weight excluding hydrogens is 425 g/mol. The van der Waals surface area contributed by atoms with Gasteiger partial charge >= 0.3 is 12.3 Å². The SMILES string of the molecule is COc1ncc(C2(O)CC3CCCC(C2)N3C(=O)OCc2ccccc2)cc1C(F)(F)F. The van der Waals surface area contributed by atoms with E-state index in [9.17, 15) is 23.1 Å². The molecule has 1 N–H and O–H groups in total. The molecule has 2 aliphatic rings. The molecule has 2 saturated heterocycles. The summed E-state index contributed by atoms with van der Waals surface area (Å²) in [6, 6.07) is 9.56. The van der Waals surface area contributed by atoms with Crippen LogP contribution in [0.1, 0.15) is 48.8 Å². The lowest BCUT2D eigenvalue weighted by molar-refractivity contribution is -0.139. The van der Waals surface area contributed by atoms with E-state index in [2.05, 4.69) is 4.98 Å². The van der Waals surface area contributed by atoms with E-state index in [1.807, 2.05) is 30.3 Å². The average molecular weight is 450 g/mol. The van der Waals surface area contributed by atoms with Gasteiger partial charge < -0.3 is 19.5 Å². The molecule has 0 saturated carbocycles. The number of pyridine rings is 1. The molecule has 32 heavy (non-hydrogen) atoms. The number of carbonyl (C=O) groups is 1. The maximum Gasteiger partial charge on any atom is 0.421 e. The van der Waals surface area contributed by atoms with Crippen LogP contribution in [0.3, 0.4) is 0 Å². The van der Waals surface area contributed by atoms with Gasteiger partial charge in [-0.15, -0.1) is 0 Å². The highest BCUT2D eigenvalue weighted by atomic mass is 19.4. The number of amides is 1. The van der Waals surface area contributed by atoms with Gasteiger partial charge in [0.1, 0.15) is 12.2 Å². The van der Waals surface area contributed by atoms with Gasteiger partial charge in [-0.1, -0.05) is 30.3 Å². The lowest BCUT2D eigenvalue weighted by atomic mass is 9.73. The van der Waals surface area contributed by atoms with Gasteiger partial charge in [0.05, 0.1) is 12.7 Å². The summed E-state index contributed by atoms with van der Waals surface area (Å²) in [7, 11) is 1.12. The van der Waals surface area contributed by atoms with E-state index in [0.29, 0.717) is 12.8 Å². The van der Waals surface area contributed by atoms with E-state index in [4.69, 9.17) is 9.47 Å². The third-order valence-corrected chi connectivity index (χ3v) is 6.31. The maximum atomic E-state index is 13.5. The highest BCUT2D eigenvalue weighted by Gasteiger charge is 2.49. The van der Waals surface area contributed by atoms with Gasteiger partial charge in [-0.05, 0) is 30.9 Å². The first kappa shape index (κ1) is 22.4. The normalized spacial score (nSPS) is 25.3. The van der Waals surface area contributed by atoms with E-state index in [1.54, 1.807) is 4.90 Å². The highest BCUT2D eigenvalue weighted by molar-refractivity contribution is 5.69. The number of nitrogens with zero attached hydrogens (tertiary/aromatic N) is 2. The number of aromatic nitrogens is 1. The summed E-state index contributed by atoms with van der Waals surface area (Å²) in [5.41, 5.74) is -1.60. The molecule has 0 radical (unpaired) electrons. The van der Waals surface area contributed by atoms with Crippen LogP contribution in [0.4, 0.5) is 18.0 Å². The largest absolute Gasteiger partial charge is 0.481 e. The molecule has 1 aromatic heterocycles. The summed E-state index contributed by atoms with van der Waals surface area (Å²) < 4.78 is 50.6. The number of alkyl halides is 3. The zero-order valence-electron chi connectivity index (χ0n) is 17.6. The number of ether oxygens (including phenoxy) is 2. The minimum absolute atomic E-state index is 0.0832. The molecule has 172 valence electrons. The fourth-order valence-corrected chi connectivity index (χ4v) is 4.83. The van der Waals surface area contributed by atoms with Crippen LogP contribution in [0, 0.1) is 0 Å². The van der Waals surface area contributed by atoms with Crippen molar-refractivity contribution >= 4 is 6.09 Å². The number of rotatable bonds is 4. The molecule has 6 nitrogen and oxygen atoms in total. The fraction of sp³-hybridized carbons (Fsp3) is 0.478. The molecular formula is C23H25F3N2O4.